The van der Waals surface area contributed by atoms with E-state index in [0.717, 1.165) is 37.1 Å². The average molecular weight is 337 g/mol. The zero-order valence-electron chi connectivity index (χ0n) is 15.9. The number of unbranched alkanes of at least 4 members (excludes halogenated alkanes) is 7. The Morgan fingerprint density at radius 2 is 1.92 bits per heavy atom. The summed E-state index contributed by atoms with van der Waals surface area (Å²) >= 11 is 0. The van der Waals surface area contributed by atoms with E-state index in [1.54, 1.807) is 6.92 Å². The van der Waals surface area contributed by atoms with Crippen LogP contribution < -0.4 is 5.32 Å². The summed E-state index contributed by atoms with van der Waals surface area (Å²) in [5, 5.41) is 2.94. The molecule has 1 amide bonds. The molecule has 24 heavy (non-hydrogen) atoms. The van der Waals surface area contributed by atoms with Crippen molar-refractivity contribution in [3.8, 4) is 0 Å². The van der Waals surface area contributed by atoms with Crippen LogP contribution in [-0.4, -0.2) is 48.9 Å². The molecule has 0 radical (unpaired) electrons. The number of quaternary nitrogens is 1. The van der Waals surface area contributed by atoms with E-state index in [4.69, 9.17) is 4.99 Å². The van der Waals surface area contributed by atoms with Gasteiger partial charge in [0.25, 0.3) is 0 Å². The van der Waals surface area contributed by atoms with Crippen molar-refractivity contribution < 1.29 is 9.28 Å². The minimum atomic E-state index is 0.0639. The standard InChI is InChI=1S/C20H37N3O/c1-4-6-7-8-9-10-11-12-13-14-20-22-16-18-23(20,5-2)17-15-21-19(3)24/h4,16,20H,1,5-15,17-18H2,2-3H3/p+1. The lowest BCUT2D eigenvalue weighted by atomic mass is 10.1. The number of nitrogens with one attached hydrogen (secondary N) is 1. The number of carbonyl (C=O) groups excluding carboxylic acids is 1. The van der Waals surface area contributed by atoms with Gasteiger partial charge in [0.1, 0.15) is 6.54 Å². The Morgan fingerprint density at radius 3 is 2.54 bits per heavy atom. The number of allylic oxidation sites excluding steroid dienone is 1. The molecule has 0 aromatic heterocycles. The second-order valence-electron chi connectivity index (χ2n) is 7.08. The molecule has 4 nitrogen and oxygen atoms in total. The number of hydrogen-bond acceptors (Lipinski definition) is 2. The SMILES string of the molecule is C=CCCCCCCCCCC1N=CC[N+]1(CC)CCNC(C)=O. The number of likely N-dealkylation sites (N-methyl/N-ethyl adjacent to an activating group) is 1. The molecule has 0 saturated carbocycles. The number of aliphatic imine (C=N–C) groups is 1. The van der Waals surface area contributed by atoms with Crippen LogP contribution in [0.15, 0.2) is 17.6 Å². The third kappa shape index (κ3) is 7.61. The molecule has 2 atom stereocenters. The first-order valence-corrected chi connectivity index (χ1v) is 9.87. The minimum absolute atomic E-state index is 0.0639. The van der Waals surface area contributed by atoms with Gasteiger partial charge in [-0.15, -0.1) is 6.58 Å². The molecule has 138 valence electrons. The largest absolute Gasteiger partial charge is 0.351 e. The first kappa shape index (κ1) is 20.9. The maximum Gasteiger partial charge on any atom is 0.217 e. The summed E-state index contributed by atoms with van der Waals surface area (Å²) in [6, 6.07) is 0. The molecule has 1 heterocycles. The predicted molar refractivity (Wildman–Crippen MR) is 103 cm³/mol. The second-order valence-corrected chi connectivity index (χ2v) is 7.08. The summed E-state index contributed by atoms with van der Waals surface area (Å²) in [6.07, 6.45) is 16.2. The Labute approximate surface area is 149 Å². The molecule has 4 heteroatoms. The topological polar surface area (TPSA) is 41.5 Å². The number of carbonyl (C=O) groups is 1. The Morgan fingerprint density at radius 1 is 1.25 bits per heavy atom. The molecule has 0 aromatic carbocycles. The van der Waals surface area contributed by atoms with Crippen molar-refractivity contribution in [2.75, 3.05) is 26.2 Å². The van der Waals surface area contributed by atoms with Crippen molar-refractivity contribution in [2.45, 2.75) is 77.8 Å². The van der Waals surface area contributed by atoms with E-state index < -0.39 is 0 Å². The van der Waals surface area contributed by atoms with Crippen molar-refractivity contribution in [1.82, 2.24) is 5.32 Å². The molecular formula is C20H38N3O+. The molecule has 1 aliphatic heterocycles. The normalized spacial score (nSPS) is 22.7. The summed E-state index contributed by atoms with van der Waals surface area (Å²) in [5.41, 5.74) is 0. The van der Waals surface area contributed by atoms with E-state index >= 15 is 0 Å². The van der Waals surface area contributed by atoms with Gasteiger partial charge in [-0.2, -0.15) is 0 Å². The van der Waals surface area contributed by atoms with Gasteiger partial charge in [0, 0.05) is 13.3 Å². The van der Waals surface area contributed by atoms with Crippen molar-refractivity contribution in [2.24, 2.45) is 4.99 Å². The van der Waals surface area contributed by atoms with Crippen LogP contribution in [0.3, 0.4) is 0 Å². The van der Waals surface area contributed by atoms with Crippen LogP contribution >= 0.6 is 0 Å². The zero-order valence-corrected chi connectivity index (χ0v) is 15.9. The quantitative estimate of drug-likeness (QED) is 0.290. The fraction of sp³-hybridized carbons (Fsp3) is 0.800. The van der Waals surface area contributed by atoms with E-state index in [9.17, 15) is 4.79 Å². The van der Waals surface area contributed by atoms with Gasteiger partial charge in [0.2, 0.25) is 5.91 Å². The molecule has 0 spiro atoms. The fourth-order valence-electron chi connectivity index (χ4n) is 3.64. The molecule has 0 saturated heterocycles. The van der Waals surface area contributed by atoms with Gasteiger partial charge < -0.3 is 5.32 Å². The van der Waals surface area contributed by atoms with Crippen molar-refractivity contribution in [3.05, 3.63) is 12.7 Å². The van der Waals surface area contributed by atoms with Crippen LogP contribution in [0.1, 0.15) is 71.6 Å². The van der Waals surface area contributed by atoms with Crippen LogP contribution in [0.5, 0.6) is 0 Å². The van der Waals surface area contributed by atoms with Crippen LogP contribution in [0.25, 0.3) is 0 Å². The summed E-state index contributed by atoms with van der Waals surface area (Å²) in [6.45, 7) is 11.5. The van der Waals surface area contributed by atoms with Crippen LogP contribution in [0.4, 0.5) is 0 Å². The highest BCUT2D eigenvalue weighted by Crippen LogP contribution is 2.24. The average Bonchev–Trinajstić information content (AvgIpc) is 2.96. The molecule has 0 aromatic rings. The van der Waals surface area contributed by atoms with E-state index in [0.29, 0.717) is 6.17 Å². The van der Waals surface area contributed by atoms with Gasteiger partial charge in [-0.05, 0) is 26.2 Å². The molecule has 1 rings (SSSR count). The van der Waals surface area contributed by atoms with E-state index in [2.05, 4.69) is 25.0 Å². The molecule has 0 fully saturated rings. The van der Waals surface area contributed by atoms with Gasteiger partial charge in [-0.3, -0.25) is 9.28 Å². The first-order valence-electron chi connectivity index (χ1n) is 9.87. The lowest BCUT2D eigenvalue weighted by molar-refractivity contribution is -0.935. The summed E-state index contributed by atoms with van der Waals surface area (Å²) in [7, 11) is 0. The molecule has 2 unspecified atom stereocenters. The Kier molecular flexibility index (Phi) is 10.6. The Balaban J connectivity index is 2.18. The highest BCUT2D eigenvalue weighted by Gasteiger charge is 2.37. The summed E-state index contributed by atoms with van der Waals surface area (Å²) < 4.78 is 1.02. The third-order valence-corrected chi connectivity index (χ3v) is 5.29. The van der Waals surface area contributed by atoms with Gasteiger partial charge >= 0.3 is 0 Å². The van der Waals surface area contributed by atoms with Crippen LogP contribution in [-0.2, 0) is 4.79 Å². The summed E-state index contributed by atoms with van der Waals surface area (Å²) in [4.78, 5) is 15.8. The highest BCUT2D eigenvalue weighted by molar-refractivity contribution is 5.72. The monoisotopic (exact) mass is 336 g/mol. The zero-order chi connectivity index (χ0) is 17.7. The summed E-state index contributed by atoms with van der Waals surface area (Å²) in [5.74, 6) is 0.0639. The first-order chi connectivity index (χ1) is 11.6. The molecule has 0 bridgehead atoms. The second kappa shape index (κ2) is 12.2. The number of amides is 1. The van der Waals surface area contributed by atoms with E-state index in [1.807, 2.05) is 6.08 Å². The molecule has 1 N–H and O–H groups in total. The van der Waals surface area contributed by atoms with Crippen LogP contribution in [0, 0.1) is 0 Å². The van der Waals surface area contributed by atoms with Gasteiger partial charge in [-0.25, -0.2) is 4.99 Å². The molecule has 0 aliphatic carbocycles. The van der Waals surface area contributed by atoms with Crippen molar-refractivity contribution in [1.29, 1.82) is 0 Å². The maximum atomic E-state index is 11.1. The van der Waals surface area contributed by atoms with Crippen LogP contribution in [0.2, 0.25) is 0 Å². The smallest absolute Gasteiger partial charge is 0.217 e. The fourth-order valence-corrected chi connectivity index (χ4v) is 3.64. The Bertz CT molecular complexity index is 394. The lowest BCUT2D eigenvalue weighted by Crippen LogP contribution is -2.55. The maximum absolute atomic E-state index is 11.1. The minimum Gasteiger partial charge on any atom is -0.351 e. The number of hydrogen-bond donors (Lipinski definition) is 1. The van der Waals surface area contributed by atoms with Gasteiger partial charge in [0.05, 0.1) is 25.8 Å². The predicted octanol–water partition coefficient (Wildman–Crippen LogP) is 4.07. The van der Waals surface area contributed by atoms with Gasteiger partial charge in [0.15, 0.2) is 6.17 Å². The lowest BCUT2D eigenvalue weighted by Gasteiger charge is -2.38. The van der Waals surface area contributed by atoms with Crippen molar-refractivity contribution in [3.63, 3.8) is 0 Å². The number of nitrogens with zero attached hydrogens (tertiary/aromatic N) is 2. The van der Waals surface area contributed by atoms with Gasteiger partial charge in [-0.1, -0.05) is 38.2 Å². The number of rotatable bonds is 14. The van der Waals surface area contributed by atoms with Crippen molar-refractivity contribution >= 4 is 12.1 Å². The van der Waals surface area contributed by atoms with E-state index in [1.165, 1.54) is 51.4 Å². The Hall–Kier alpha value is -1.16. The molecule has 1 aliphatic rings. The molecular weight excluding hydrogens is 298 g/mol. The highest BCUT2D eigenvalue weighted by atomic mass is 16.1. The third-order valence-electron chi connectivity index (χ3n) is 5.29. The van der Waals surface area contributed by atoms with E-state index in [-0.39, 0.29) is 5.91 Å².